The number of carbonyl (C=O) groups is 1. The molecule has 2 unspecified atom stereocenters. The van der Waals surface area contributed by atoms with Crippen molar-refractivity contribution in [2.75, 3.05) is 26.5 Å². The Morgan fingerprint density at radius 3 is 2.26 bits per heavy atom. The molecule has 0 spiro atoms. The van der Waals surface area contributed by atoms with Crippen molar-refractivity contribution < 1.29 is 18.8 Å². The van der Waals surface area contributed by atoms with Gasteiger partial charge in [-0.1, -0.05) is 12.1 Å². The molecule has 2 rings (SSSR count). The number of halogens is 2. The van der Waals surface area contributed by atoms with E-state index >= 15 is 0 Å². The zero-order chi connectivity index (χ0) is 20.1. The Balaban J connectivity index is 2.25. The van der Waals surface area contributed by atoms with Gasteiger partial charge in [0.1, 0.15) is 17.8 Å². The summed E-state index contributed by atoms with van der Waals surface area (Å²) in [7, 11) is 4.79. The summed E-state index contributed by atoms with van der Waals surface area (Å²) in [5.74, 6) is -1.38. The fraction of sp³-hybridized carbons (Fsp3) is 0.316. The third kappa shape index (κ3) is 4.41. The number of likely N-dealkylation sites (N-methyl/N-ethyl adjacent to an activating group) is 2. The molecular weight excluding hydrogens is 354 g/mol. The van der Waals surface area contributed by atoms with E-state index in [4.69, 9.17) is 5.21 Å². The Morgan fingerprint density at radius 2 is 1.74 bits per heavy atom. The second-order valence-electron chi connectivity index (χ2n) is 6.19. The van der Waals surface area contributed by atoms with Gasteiger partial charge in [0.15, 0.2) is 0 Å². The molecule has 146 valence electrons. The van der Waals surface area contributed by atoms with Crippen molar-refractivity contribution >= 4 is 11.6 Å². The largest absolute Gasteiger partial charge is 0.386 e. The lowest BCUT2D eigenvalue weighted by Crippen LogP contribution is -2.54. The molecule has 4 N–H and O–H groups in total. The van der Waals surface area contributed by atoms with Gasteiger partial charge in [-0.3, -0.25) is 4.79 Å². The molecule has 27 heavy (non-hydrogen) atoms. The summed E-state index contributed by atoms with van der Waals surface area (Å²) in [4.78, 5) is 14.1. The number of nitrogens with one attached hydrogen (secondary N) is 3. The smallest absolute Gasteiger partial charge is 0.253 e. The molecule has 6 nitrogen and oxygen atoms in total. The summed E-state index contributed by atoms with van der Waals surface area (Å²) in [6.45, 7) is 1.78. The third-order valence-electron chi connectivity index (χ3n) is 4.63. The summed E-state index contributed by atoms with van der Waals surface area (Å²) in [6, 6.07) is 8.14. The maximum atomic E-state index is 14.2. The average Bonchev–Trinajstić information content (AvgIpc) is 2.69. The highest BCUT2D eigenvalue weighted by molar-refractivity contribution is 5.94. The van der Waals surface area contributed by atoms with Gasteiger partial charge in [0.05, 0.1) is 11.7 Å². The number of anilines is 1. The SMILES string of the molecule is CNc1cc(F)c(-c2ccc(C(=O)N(C)C(C)C(NC)NO)cc2)cc1F. The van der Waals surface area contributed by atoms with Crippen molar-refractivity contribution in [1.29, 1.82) is 0 Å². The third-order valence-corrected chi connectivity index (χ3v) is 4.63. The molecule has 2 aromatic rings. The van der Waals surface area contributed by atoms with Crippen molar-refractivity contribution in [3.05, 3.63) is 53.6 Å². The van der Waals surface area contributed by atoms with Crippen LogP contribution in [0, 0.1) is 11.6 Å². The molecule has 0 aromatic heterocycles. The van der Waals surface area contributed by atoms with Gasteiger partial charge in [-0.2, -0.15) is 5.48 Å². The standard InChI is InChI=1S/C19H24F2N4O2/c1-11(18(23-3)24-27)25(4)19(26)13-7-5-12(6-8-13)14-9-16(21)17(22-2)10-15(14)20/h5-11,18,22-24,27H,1-4H3. The molecule has 2 atom stereocenters. The van der Waals surface area contributed by atoms with Gasteiger partial charge in [-0.25, -0.2) is 8.78 Å². The second kappa shape index (κ2) is 8.90. The lowest BCUT2D eigenvalue weighted by atomic mass is 10.0. The fourth-order valence-electron chi connectivity index (χ4n) is 2.78. The van der Waals surface area contributed by atoms with Crippen molar-refractivity contribution in [2.45, 2.75) is 19.1 Å². The molecule has 1 amide bonds. The Hall–Kier alpha value is -2.55. The first-order valence-electron chi connectivity index (χ1n) is 8.45. The van der Waals surface area contributed by atoms with E-state index in [1.807, 2.05) is 0 Å². The van der Waals surface area contributed by atoms with Gasteiger partial charge in [0, 0.05) is 31.3 Å². The van der Waals surface area contributed by atoms with E-state index in [1.165, 1.54) is 11.9 Å². The second-order valence-corrected chi connectivity index (χ2v) is 6.19. The zero-order valence-electron chi connectivity index (χ0n) is 15.7. The van der Waals surface area contributed by atoms with E-state index in [0.717, 1.165) is 12.1 Å². The number of hydrogen-bond donors (Lipinski definition) is 4. The number of amides is 1. The lowest BCUT2D eigenvalue weighted by Gasteiger charge is -2.31. The van der Waals surface area contributed by atoms with Gasteiger partial charge < -0.3 is 20.7 Å². The van der Waals surface area contributed by atoms with Crippen LogP contribution in [0.4, 0.5) is 14.5 Å². The summed E-state index contributed by atoms with van der Waals surface area (Å²) < 4.78 is 28.2. The number of hydrogen-bond acceptors (Lipinski definition) is 5. The average molecular weight is 378 g/mol. The molecule has 0 aliphatic heterocycles. The molecule has 0 aliphatic rings. The Labute approximate surface area is 157 Å². The van der Waals surface area contributed by atoms with Crippen LogP contribution in [0.3, 0.4) is 0 Å². The molecule has 0 heterocycles. The molecule has 0 bridgehead atoms. The quantitative estimate of drug-likeness (QED) is 0.440. The maximum absolute atomic E-state index is 14.2. The molecule has 0 saturated carbocycles. The van der Waals surface area contributed by atoms with Crippen LogP contribution in [0.25, 0.3) is 11.1 Å². The first kappa shape index (κ1) is 20.8. The van der Waals surface area contributed by atoms with E-state index in [0.29, 0.717) is 11.1 Å². The number of nitrogens with zero attached hydrogens (tertiary/aromatic N) is 1. The van der Waals surface area contributed by atoms with Crippen LogP contribution in [-0.4, -0.2) is 49.4 Å². The topological polar surface area (TPSA) is 76.6 Å². The summed E-state index contributed by atoms with van der Waals surface area (Å²) >= 11 is 0. The summed E-state index contributed by atoms with van der Waals surface area (Å²) in [5, 5.41) is 14.6. The molecule has 0 aliphatic carbocycles. The predicted octanol–water partition coefficient (Wildman–Crippen LogP) is 2.66. The predicted molar refractivity (Wildman–Crippen MR) is 101 cm³/mol. The molecule has 2 aromatic carbocycles. The minimum absolute atomic E-state index is 0.0789. The first-order valence-corrected chi connectivity index (χ1v) is 8.45. The van der Waals surface area contributed by atoms with Crippen LogP contribution in [0.5, 0.6) is 0 Å². The van der Waals surface area contributed by atoms with E-state index in [-0.39, 0.29) is 23.2 Å². The summed E-state index contributed by atoms with van der Waals surface area (Å²) in [6.07, 6.45) is -0.499. The fourth-order valence-corrected chi connectivity index (χ4v) is 2.78. The maximum Gasteiger partial charge on any atom is 0.253 e. The van der Waals surface area contributed by atoms with Crippen molar-refractivity contribution in [3.8, 4) is 11.1 Å². The van der Waals surface area contributed by atoms with Crippen LogP contribution in [0.15, 0.2) is 36.4 Å². The number of carbonyl (C=O) groups excluding carboxylic acids is 1. The van der Waals surface area contributed by atoms with Crippen molar-refractivity contribution in [3.63, 3.8) is 0 Å². The normalized spacial score (nSPS) is 13.1. The van der Waals surface area contributed by atoms with Crippen LogP contribution >= 0.6 is 0 Å². The molecule has 0 radical (unpaired) electrons. The minimum Gasteiger partial charge on any atom is -0.386 e. The number of rotatable bonds is 7. The molecular formula is C19H24F2N4O2. The molecule has 0 saturated heterocycles. The van der Waals surface area contributed by atoms with Crippen molar-refractivity contribution in [1.82, 2.24) is 15.7 Å². The monoisotopic (exact) mass is 378 g/mol. The zero-order valence-corrected chi connectivity index (χ0v) is 15.7. The highest BCUT2D eigenvalue weighted by atomic mass is 19.1. The van der Waals surface area contributed by atoms with Crippen LogP contribution in [-0.2, 0) is 0 Å². The van der Waals surface area contributed by atoms with Crippen LogP contribution < -0.4 is 16.1 Å². The highest BCUT2D eigenvalue weighted by Crippen LogP contribution is 2.28. The Morgan fingerprint density at radius 1 is 1.11 bits per heavy atom. The minimum atomic E-state index is -0.559. The van der Waals surface area contributed by atoms with E-state index in [2.05, 4.69) is 16.1 Å². The van der Waals surface area contributed by atoms with Gasteiger partial charge in [-0.15, -0.1) is 0 Å². The molecule has 8 heteroatoms. The van der Waals surface area contributed by atoms with E-state index in [9.17, 15) is 13.6 Å². The lowest BCUT2D eigenvalue weighted by molar-refractivity contribution is 0.0493. The Bertz CT molecular complexity index is 795. The first-order chi connectivity index (χ1) is 12.8. The highest BCUT2D eigenvalue weighted by Gasteiger charge is 2.24. The number of hydroxylamine groups is 1. The van der Waals surface area contributed by atoms with Crippen LogP contribution in [0.2, 0.25) is 0 Å². The molecule has 0 fully saturated rings. The summed E-state index contributed by atoms with van der Waals surface area (Å²) in [5.41, 5.74) is 3.16. The van der Waals surface area contributed by atoms with Gasteiger partial charge in [0.2, 0.25) is 0 Å². The van der Waals surface area contributed by atoms with E-state index in [1.54, 1.807) is 45.3 Å². The van der Waals surface area contributed by atoms with Crippen LogP contribution in [0.1, 0.15) is 17.3 Å². The van der Waals surface area contributed by atoms with Gasteiger partial charge >= 0.3 is 0 Å². The number of benzene rings is 2. The van der Waals surface area contributed by atoms with Gasteiger partial charge in [-0.05, 0) is 37.7 Å². The van der Waals surface area contributed by atoms with E-state index < -0.39 is 17.8 Å². The van der Waals surface area contributed by atoms with Gasteiger partial charge in [0.25, 0.3) is 5.91 Å². The van der Waals surface area contributed by atoms with Crippen molar-refractivity contribution in [2.24, 2.45) is 0 Å². The Kier molecular flexibility index (Phi) is 6.84.